The fourth-order valence-electron chi connectivity index (χ4n) is 1.45. The predicted octanol–water partition coefficient (Wildman–Crippen LogP) is 2.39. The van der Waals surface area contributed by atoms with Gasteiger partial charge in [0.05, 0.1) is 12.5 Å². The van der Waals surface area contributed by atoms with Gasteiger partial charge in [-0.05, 0) is 33.3 Å². The smallest absolute Gasteiger partial charge is 0.308 e. The highest BCUT2D eigenvalue weighted by Crippen LogP contribution is 2.14. The van der Waals surface area contributed by atoms with Gasteiger partial charge in [0.25, 0.3) is 0 Å². The van der Waals surface area contributed by atoms with Crippen LogP contribution in [-0.2, 0) is 14.3 Å². The van der Waals surface area contributed by atoms with Crippen molar-refractivity contribution < 1.29 is 14.3 Å². The Morgan fingerprint density at radius 2 is 1.89 bits per heavy atom. The van der Waals surface area contributed by atoms with E-state index in [1.165, 1.54) is 6.08 Å². The molecule has 0 bridgehead atoms. The van der Waals surface area contributed by atoms with E-state index in [2.05, 4.69) is 6.58 Å². The fraction of sp³-hybridized carbons (Fsp3) is 0.714. The van der Waals surface area contributed by atoms with Gasteiger partial charge >= 0.3 is 5.97 Å². The molecule has 18 heavy (non-hydrogen) atoms. The molecule has 4 heteroatoms. The minimum atomic E-state index is -0.257. The largest absolute Gasteiger partial charge is 0.465 e. The summed E-state index contributed by atoms with van der Waals surface area (Å²) >= 11 is 0. The van der Waals surface area contributed by atoms with Crippen LogP contribution in [0.3, 0.4) is 0 Å². The number of esters is 1. The predicted molar refractivity (Wildman–Crippen MR) is 72.1 cm³/mol. The highest BCUT2D eigenvalue weighted by atomic mass is 16.5. The van der Waals surface area contributed by atoms with Gasteiger partial charge in [0.15, 0.2) is 0 Å². The molecule has 0 unspecified atom stereocenters. The van der Waals surface area contributed by atoms with Crippen molar-refractivity contribution in [3.05, 3.63) is 12.7 Å². The zero-order valence-corrected chi connectivity index (χ0v) is 12.2. The van der Waals surface area contributed by atoms with E-state index in [0.29, 0.717) is 19.6 Å². The third-order valence-electron chi connectivity index (χ3n) is 2.49. The van der Waals surface area contributed by atoms with E-state index >= 15 is 0 Å². The summed E-state index contributed by atoms with van der Waals surface area (Å²) in [5.74, 6) is -0.413. The molecule has 0 radical (unpaired) electrons. The van der Waals surface area contributed by atoms with Crippen molar-refractivity contribution in [2.24, 2.45) is 5.92 Å². The van der Waals surface area contributed by atoms with Gasteiger partial charge in [-0.25, -0.2) is 0 Å². The normalized spacial score (nSPS) is 11.2. The van der Waals surface area contributed by atoms with E-state index in [0.717, 1.165) is 0 Å². The minimum absolute atomic E-state index is 0.0994. The van der Waals surface area contributed by atoms with Crippen molar-refractivity contribution in [3.8, 4) is 0 Å². The number of amides is 1. The van der Waals surface area contributed by atoms with Crippen molar-refractivity contribution in [1.82, 2.24) is 4.90 Å². The number of nitrogens with zero attached hydrogens (tertiary/aromatic N) is 1. The summed E-state index contributed by atoms with van der Waals surface area (Å²) < 4.78 is 5.08. The summed E-state index contributed by atoms with van der Waals surface area (Å²) in [5.41, 5.74) is -0.257. The van der Waals surface area contributed by atoms with Gasteiger partial charge in [0.2, 0.25) is 5.91 Å². The lowest BCUT2D eigenvalue weighted by molar-refractivity contribution is -0.147. The van der Waals surface area contributed by atoms with E-state index in [-0.39, 0.29) is 23.3 Å². The third kappa shape index (κ3) is 5.84. The quantitative estimate of drug-likeness (QED) is 0.416. The maximum Gasteiger partial charge on any atom is 0.308 e. The zero-order valence-electron chi connectivity index (χ0n) is 12.2. The van der Waals surface area contributed by atoms with Crippen LogP contribution in [0.25, 0.3) is 0 Å². The van der Waals surface area contributed by atoms with Crippen molar-refractivity contribution in [2.45, 2.75) is 46.6 Å². The van der Waals surface area contributed by atoms with Crippen LogP contribution < -0.4 is 0 Å². The Kier molecular flexibility index (Phi) is 6.66. The highest BCUT2D eigenvalue weighted by Gasteiger charge is 2.24. The Balaban J connectivity index is 4.18. The molecule has 0 aliphatic carbocycles. The number of hydrogen-bond donors (Lipinski definition) is 0. The average Bonchev–Trinajstić information content (AvgIpc) is 2.25. The molecular formula is C14H25NO3. The van der Waals surface area contributed by atoms with Gasteiger partial charge < -0.3 is 9.64 Å². The Morgan fingerprint density at radius 3 is 2.28 bits per heavy atom. The molecule has 0 N–H and O–H groups in total. The van der Waals surface area contributed by atoms with Crippen molar-refractivity contribution in [3.63, 3.8) is 0 Å². The van der Waals surface area contributed by atoms with Crippen LogP contribution in [0.5, 0.6) is 0 Å². The summed E-state index contributed by atoms with van der Waals surface area (Å²) in [5, 5.41) is 0. The molecule has 104 valence electrons. The maximum absolute atomic E-state index is 11.7. The van der Waals surface area contributed by atoms with Gasteiger partial charge in [-0.3, -0.25) is 9.59 Å². The van der Waals surface area contributed by atoms with Crippen molar-refractivity contribution in [2.75, 3.05) is 13.2 Å². The molecule has 0 aromatic rings. The lowest BCUT2D eigenvalue weighted by Gasteiger charge is -2.35. The molecule has 0 atom stereocenters. The van der Waals surface area contributed by atoms with Gasteiger partial charge in [-0.15, -0.1) is 0 Å². The molecule has 0 spiro atoms. The van der Waals surface area contributed by atoms with Gasteiger partial charge in [0, 0.05) is 12.1 Å². The molecule has 0 saturated heterocycles. The first-order valence-electron chi connectivity index (χ1n) is 6.30. The van der Waals surface area contributed by atoms with Gasteiger partial charge in [-0.1, -0.05) is 20.4 Å². The number of carbonyl (C=O) groups is 2. The summed E-state index contributed by atoms with van der Waals surface area (Å²) in [6, 6.07) is 0. The van der Waals surface area contributed by atoms with Crippen LogP contribution in [0.1, 0.15) is 41.0 Å². The Bertz CT molecular complexity index is 303. The molecule has 1 amide bonds. The first-order valence-corrected chi connectivity index (χ1v) is 6.30. The second-order valence-electron chi connectivity index (χ2n) is 5.54. The van der Waals surface area contributed by atoms with Gasteiger partial charge in [-0.2, -0.15) is 0 Å². The lowest BCUT2D eigenvalue weighted by Crippen LogP contribution is -2.45. The Hall–Kier alpha value is -1.32. The third-order valence-corrected chi connectivity index (χ3v) is 2.49. The molecule has 0 fully saturated rings. The highest BCUT2D eigenvalue weighted by molar-refractivity contribution is 5.87. The van der Waals surface area contributed by atoms with Crippen molar-refractivity contribution in [1.29, 1.82) is 0 Å². The second kappa shape index (κ2) is 7.19. The van der Waals surface area contributed by atoms with E-state index in [1.807, 2.05) is 20.8 Å². The standard InChI is InChI=1S/C14H25NO3/c1-7-12(16)15(14(4,5)6)9-8-10-18-13(17)11(2)3/h7,11H,1,8-10H2,2-6H3. The molecule has 0 aliphatic heterocycles. The van der Waals surface area contributed by atoms with E-state index < -0.39 is 0 Å². The second-order valence-corrected chi connectivity index (χ2v) is 5.54. The van der Waals surface area contributed by atoms with Crippen LogP contribution >= 0.6 is 0 Å². The molecule has 0 rings (SSSR count). The minimum Gasteiger partial charge on any atom is -0.465 e. The van der Waals surface area contributed by atoms with E-state index in [9.17, 15) is 9.59 Å². The van der Waals surface area contributed by atoms with Crippen molar-refractivity contribution >= 4 is 11.9 Å². The van der Waals surface area contributed by atoms with Crippen LogP contribution in [0.4, 0.5) is 0 Å². The molecule has 0 aromatic heterocycles. The number of rotatable bonds is 6. The summed E-state index contributed by atoms with van der Waals surface area (Å²) in [6.07, 6.45) is 1.95. The van der Waals surface area contributed by atoms with Crippen LogP contribution in [0, 0.1) is 5.92 Å². The van der Waals surface area contributed by atoms with E-state index in [1.54, 1.807) is 18.7 Å². The van der Waals surface area contributed by atoms with Crippen LogP contribution in [0.15, 0.2) is 12.7 Å². The summed E-state index contributed by atoms with van der Waals surface area (Å²) in [7, 11) is 0. The monoisotopic (exact) mass is 255 g/mol. The Morgan fingerprint density at radius 1 is 1.33 bits per heavy atom. The molecule has 4 nitrogen and oxygen atoms in total. The first-order chi connectivity index (χ1) is 8.20. The maximum atomic E-state index is 11.7. The summed E-state index contributed by atoms with van der Waals surface area (Å²) in [6.45, 7) is 13.9. The van der Waals surface area contributed by atoms with Gasteiger partial charge in [0.1, 0.15) is 0 Å². The van der Waals surface area contributed by atoms with E-state index in [4.69, 9.17) is 4.74 Å². The number of carbonyl (C=O) groups excluding carboxylic acids is 2. The first kappa shape index (κ1) is 16.7. The molecule has 0 saturated carbocycles. The van der Waals surface area contributed by atoms with Crippen LogP contribution in [0.2, 0.25) is 0 Å². The number of ether oxygens (including phenoxy) is 1. The molecule has 0 heterocycles. The molecule has 0 aliphatic rings. The molecular weight excluding hydrogens is 230 g/mol. The average molecular weight is 255 g/mol. The number of hydrogen-bond acceptors (Lipinski definition) is 3. The molecule has 0 aromatic carbocycles. The lowest BCUT2D eigenvalue weighted by atomic mass is 10.1. The van der Waals surface area contributed by atoms with Crippen LogP contribution in [-0.4, -0.2) is 35.5 Å². The zero-order chi connectivity index (χ0) is 14.3. The fourth-order valence-corrected chi connectivity index (χ4v) is 1.45. The topological polar surface area (TPSA) is 46.6 Å². The summed E-state index contributed by atoms with van der Waals surface area (Å²) in [4.78, 5) is 24.7. The SMILES string of the molecule is C=CC(=O)N(CCCOC(=O)C(C)C)C(C)(C)C. The Labute approximate surface area is 110 Å².